The highest BCUT2D eigenvalue weighted by atomic mass is 32.1. The van der Waals surface area contributed by atoms with Crippen LogP contribution in [0.3, 0.4) is 0 Å². The fraction of sp³-hybridized carbons (Fsp3) is 0.500. The van der Waals surface area contributed by atoms with Crippen molar-refractivity contribution in [2.24, 2.45) is 0 Å². The van der Waals surface area contributed by atoms with Crippen LogP contribution in [-0.2, 0) is 4.79 Å². The number of carboxylic acids is 1. The van der Waals surface area contributed by atoms with E-state index in [1.165, 1.54) is 0 Å². The average Bonchev–Trinajstić information content (AvgIpc) is 2.66. The standard InChI is InChI=1S/C10H15N3O3S/c1-4-13(3)7(14)5-11-9-8(10(15)16)6(2)12-17-9/h11H,4-5H2,1-3H3,(H,15,16). The van der Waals surface area contributed by atoms with Gasteiger partial charge >= 0.3 is 5.97 Å². The highest BCUT2D eigenvalue weighted by molar-refractivity contribution is 7.10. The summed E-state index contributed by atoms with van der Waals surface area (Å²) in [4.78, 5) is 24.1. The quantitative estimate of drug-likeness (QED) is 0.823. The number of nitrogens with one attached hydrogen (secondary N) is 1. The molecule has 1 aromatic rings. The van der Waals surface area contributed by atoms with Crippen LogP contribution in [0.5, 0.6) is 0 Å². The van der Waals surface area contributed by atoms with Crippen molar-refractivity contribution in [1.82, 2.24) is 9.27 Å². The fourth-order valence-corrected chi connectivity index (χ4v) is 1.99. The first-order chi connectivity index (χ1) is 7.97. The van der Waals surface area contributed by atoms with Crippen LogP contribution in [0, 0.1) is 6.92 Å². The van der Waals surface area contributed by atoms with Crippen LogP contribution in [0.15, 0.2) is 0 Å². The van der Waals surface area contributed by atoms with E-state index in [0.29, 0.717) is 17.2 Å². The van der Waals surface area contributed by atoms with Gasteiger partial charge in [0.1, 0.15) is 10.6 Å². The Balaban J connectivity index is 2.70. The molecule has 0 saturated heterocycles. The summed E-state index contributed by atoms with van der Waals surface area (Å²) in [6, 6.07) is 0. The van der Waals surface area contributed by atoms with Gasteiger partial charge in [0.25, 0.3) is 0 Å². The summed E-state index contributed by atoms with van der Waals surface area (Å²) in [7, 11) is 1.69. The third-order valence-electron chi connectivity index (χ3n) is 2.38. The molecular weight excluding hydrogens is 242 g/mol. The molecule has 2 N–H and O–H groups in total. The first-order valence-corrected chi connectivity index (χ1v) is 5.92. The Kier molecular flexibility index (Phi) is 4.45. The minimum atomic E-state index is -1.03. The van der Waals surface area contributed by atoms with Crippen LogP contribution >= 0.6 is 11.5 Å². The largest absolute Gasteiger partial charge is 0.478 e. The van der Waals surface area contributed by atoms with Crippen LogP contribution in [0.2, 0.25) is 0 Å². The molecule has 0 aliphatic carbocycles. The highest BCUT2D eigenvalue weighted by Crippen LogP contribution is 2.23. The number of aryl methyl sites for hydroxylation is 1. The molecule has 1 aromatic heterocycles. The molecule has 6 nitrogen and oxygen atoms in total. The monoisotopic (exact) mass is 257 g/mol. The number of aromatic nitrogens is 1. The van der Waals surface area contributed by atoms with Crippen LogP contribution in [0.4, 0.5) is 5.00 Å². The number of anilines is 1. The SMILES string of the molecule is CCN(C)C(=O)CNc1snc(C)c1C(=O)O. The van der Waals surface area contributed by atoms with Crippen molar-refractivity contribution in [3.05, 3.63) is 11.3 Å². The Bertz CT molecular complexity index is 430. The van der Waals surface area contributed by atoms with Gasteiger partial charge in [0.15, 0.2) is 0 Å². The number of hydrogen-bond acceptors (Lipinski definition) is 5. The predicted octanol–water partition coefficient (Wildman–Crippen LogP) is 1.04. The van der Waals surface area contributed by atoms with Gasteiger partial charge in [-0.1, -0.05) is 0 Å². The van der Waals surface area contributed by atoms with Gasteiger partial charge in [0, 0.05) is 13.6 Å². The van der Waals surface area contributed by atoms with Crippen molar-refractivity contribution in [3.63, 3.8) is 0 Å². The number of nitrogens with zero attached hydrogens (tertiary/aromatic N) is 2. The summed E-state index contributed by atoms with van der Waals surface area (Å²) in [5.74, 6) is -1.12. The van der Waals surface area contributed by atoms with Crippen molar-refractivity contribution in [2.75, 3.05) is 25.5 Å². The minimum absolute atomic E-state index is 0.0756. The molecule has 94 valence electrons. The molecule has 1 amide bonds. The third-order valence-corrected chi connectivity index (χ3v) is 3.27. The summed E-state index contributed by atoms with van der Waals surface area (Å²) in [5, 5.41) is 12.2. The van der Waals surface area contributed by atoms with E-state index in [1.807, 2.05) is 6.92 Å². The summed E-state index contributed by atoms with van der Waals surface area (Å²) in [6.45, 7) is 4.20. The molecular formula is C10H15N3O3S. The number of hydrogen-bond donors (Lipinski definition) is 2. The Morgan fingerprint density at radius 1 is 1.53 bits per heavy atom. The normalized spacial score (nSPS) is 10.1. The summed E-state index contributed by atoms with van der Waals surface area (Å²) in [6.07, 6.45) is 0. The van der Waals surface area contributed by atoms with Gasteiger partial charge in [-0.25, -0.2) is 4.79 Å². The fourth-order valence-electron chi connectivity index (χ4n) is 1.21. The van der Waals surface area contributed by atoms with E-state index in [4.69, 9.17) is 5.11 Å². The lowest BCUT2D eigenvalue weighted by Crippen LogP contribution is -2.31. The molecule has 0 saturated carbocycles. The van der Waals surface area contributed by atoms with E-state index in [0.717, 1.165) is 11.5 Å². The number of likely N-dealkylation sites (N-methyl/N-ethyl adjacent to an activating group) is 1. The Morgan fingerprint density at radius 3 is 2.71 bits per heavy atom. The van der Waals surface area contributed by atoms with Crippen molar-refractivity contribution < 1.29 is 14.7 Å². The molecule has 0 fully saturated rings. The average molecular weight is 257 g/mol. The lowest BCUT2D eigenvalue weighted by Gasteiger charge is -2.14. The maximum absolute atomic E-state index is 11.5. The smallest absolute Gasteiger partial charge is 0.340 e. The van der Waals surface area contributed by atoms with E-state index in [2.05, 4.69) is 9.69 Å². The molecule has 0 spiro atoms. The second-order valence-corrected chi connectivity index (χ2v) is 4.31. The van der Waals surface area contributed by atoms with Crippen LogP contribution in [0.25, 0.3) is 0 Å². The molecule has 0 aromatic carbocycles. The molecule has 1 rings (SSSR count). The lowest BCUT2D eigenvalue weighted by atomic mass is 10.2. The summed E-state index contributed by atoms with van der Waals surface area (Å²) >= 11 is 1.05. The van der Waals surface area contributed by atoms with E-state index in [-0.39, 0.29) is 18.0 Å². The Morgan fingerprint density at radius 2 is 2.18 bits per heavy atom. The molecule has 0 aliphatic heterocycles. The molecule has 0 radical (unpaired) electrons. The molecule has 0 unspecified atom stereocenters. The van der Waals surface area contributed by atoms with Crippen LogP contribution < -0.4 is 5.32 Å². The summed E-state index contributed by atoms with van der Waals surface area (Å²) in [5.41, 5.74) is 0.600. The zero-order valence-corrected chi connectivity index (χ0v) is 10.8. The second kappa shape index (κ2) is 5.62. The van der Waals surface area contributed by atoms with Crippen LogP contribution in [-0.4, -0.2) is 46.4 Å². The molecule has 17 heavy (non-hydrogen) atoms. The first-order valence-electron chi connectivity index (χ1n) is 5.14. The van der Waals surface area contributed by atoms with E-state index in [1.54, 1.807) is 18.9 Å². The number of carbonyl (C=O) groups excluding carboxylic acids is 1. The van der Waals surface area contributed by atoms with E-state index >= 15 is 0 Å². The van der Waals surface area contributed by atoms with Gasteiger partial charge < -0.3 is 15.3 Å². The topological polar surface area (TPSA) is 82.5 Å². The lowest BCUT2D eigenvalue weighted by molar-refractivity contribution is -0.127. The Hall–Kier alpha value is -1.63. The Labute approximate surface area is 103 Å². The maximum atomic E-state index is 11.5. The van der Waals surface area contributed by atoms with Crippen molar-refractivity contribution in [2.45, 2.75) is 13.8 Å². The van der Waals surface area contributed by atoms with E-state index in [9.17, 15) is 9.59 Å². The van der Waals surface area contributed by atoms with Crippen molar-refractivity contribution in [3.8, 4) is 0 Å². The predicted molar refractivity (Wildman–Crippen MR) is 65.6 cm³/mol. The number of aromatic carboxylic acids is 1. The number of carboxylic acid groups (broad SMARTS) is 1. The van der Waals surface area contributed by atoms with Gasteiger partial charge in [-0.2, -0.15) is 4.37 Å². The van der Waals surface area contributed by atoms with Gasteiger partial charge in [-0.05, 0) is 25.4 Å². The summed E-state index contributed by atoms with van der Waals surface area (Å²) < 4.78 is 3.95. The number of rotatable bonds is 5. The molecule has 0 aliphatic rings. The first kappa shape index (κ1) is 13.4. The van der Waals surface area contributed by atoms with Crippen molar-refractivity contribution >= 4 is 28.4 Å². The maximum Gasteiger partial charge on any atom is 0.340 e. The number of carbonyl (C=O) groups is 2. The van der Waals surface area contributed by atoms with Gasteiger partial charge in [0.05, 0.1) is 12.2 Å². The van der Waals surface area contributed by atoms with Gasteiger partial charge in [0.2, 0.25) is 5.91 Å². The van der Waals surface area contributed by atoms with Crippen LogP contribution in [0.1, 0.15) is 23.0 Å². The third kappa shape index (κ3) is 3.16. The van der Waals surface area contributed by atoms with E-state index < -0.39 is 5.97 Å². The zero-order chi connectivity index (χ0) is 13.0. The molecule has 0 atom stereocenters. The van der Waals surface area contributed by atoms with Crippen molar-refractivity contribution in [1.29, 1.82) is 0 Å². The van der Waals surface area contributed by atoms with Gasteiger partial charge in [-0.3, -0.25) is 4.79 Å². The van der Waals surface area contributed by atoms with Gasteiger partial charge in [-0.15, -0.1) is 0 Å². The zero-order valence-electron chi connectivity index (χ0n) is 9.98. The highest BCUT2D eigenvalue weighted by Gasteiger charge is 2.18. The minimum Gasteiger partial charge on any atom is -0.478 e. The number of amides is 1. The second-order valence-electron chi connectivity index (χ2n) is 3.54. The molecule has 7 heteroatoms. The molecule has 0 bridgehead atoms. The molecule has 1 heterocycles.